The molecule has 1 aliphatic rings. The van der Waals surface area contributed by atoms with Crippen LogP contribution in [0.2, 0.25) is 5.02 Å². The predicted octanol–water partition coefficient (Wildman–Crippen LogP) is 3.18. The molecule has 6 heteroatoms. The normalized spacial score (nSPS) is 18.8. The second-order valence-electron chi connectivity index (χ2n) is 6.56. The van der Waals surface area contributed by atoms with Crippen LogP contribution in [0.25, 0.3) is 0 Å². The maximum absolute atomic E-state index is 6.11. The average molecular weight is 349 g/mol. The second-order valence-corrected chi connectivity index (χ2v) is 7.00. The van der Waals surface area contributed by atoms with E-state index in [0.29, 0.717) is 0 Å². The molecule has 1 aliphatic heterocycles. The van der Waals surface area contributed by atoms with Crippen LogP contribution in [0.5, 0.6) is 5.75 Å². The predicted molar refractivity (Wildman–Crippen MR) is 96.6 cm³/mol. The van der Waals surface area contributed by atoms with Crippen molar-refractivity contribution in [3.05, 3.63) is 46.7 Å². The minimum Gasteiger partial charge on any atom is -0.493 e. The zero-order valence-corrected chi connectivity index (χ0v) is 15.3. The smallest absolute Gasteiger partial charge is 0.125 e. The number of fused-ring (bicyclic) bond motifs is 1. The number of halogens is 1. The summed E-state index contributed by atoms with van der Waals surface area (Å²) in [6.07, 6.45) is 6.11. The summed E-state index contributed by atoms with van der Waals surface area (Å²) < 4.78 is 7.70. The van der Waals surface area contributed by atoms with E-state index in [1.54, 1.807) is 0 Å². The summed E-state index contributed by atoms with van der Waals surface area (Å²) in [4.78, 5) is 2.22. The van der Waals surface area contributed by atoms with Crippen LogP contribution in [0.1, 0.15) is 36.1 Å². The third-order valence-electron chi connectivity index (χ3n) is 4.54. The number of nitrogens with one attached hydrogen (secondary N) is 1. The van der Waals surface area contributed by atoms with E-state index in [9.17, 15) is 0 Å². The molecule has 2 aromatic rings. The topological polar surface area (TPSA) is 42.3 Å². The lowest BCUT2D eigenvalue weighted by Crippen LogP contribution is -2.33. The van der Waals surface area contributed by atoms with E-state index in [0.717, 1.165) is 36.8 Å². The summed E-state index contributed by atoms with van der Waals surface area (Å²) in [6, 6.07) is 6.49. The van der Waals surface area contributed by atoms with Crippen LogP contribution in [-0.4, -0.2) is 41.9 Å². The molecule has 1 aromatic carbocycles. The molecule has 1 N–H and O–H groups in total. The Labute approximate surface area is 148 Å². The first kappa shape index (κ1) is 17.3. The standard InChI is InChI=1S/C18H25ClN4O/c1-22(2)17(13-10-21-23(3)12-13)11-20-16-5-4-8-24-18-9-14(19)6-7-15(16)18/h6-7,9-10,12,16-17,20H,4-5,8,11H2,1-3H3/t16-,17-/m1/s1. The summed E-state index contributed by atoms with van der Waals surface area (Å²) in [5, 5.41) is 8.75. The van der Waals surface area contributed by atoms with Crippen LogP contribution < -0.4 is 10.1 Å². The van der Waals surface area contributed by atoms with E-state index in [1.165, 1.54) is 11.1 Å². The van der Waals surface area contributed by atoms with Gasteiger partial charge in [-0.3, -0.25) is 4.68 Å². The van der Waals surface area contributed by atoms with E-state index in [2.05, 4.69) is 41.7 Å². The van der Waals surface area contributed by atoms with Gasteiger partial charge in [-0.2, -0.15) is 5.10 Å². The number of likely N-dealkylation sites (N-methyl/N-ethyl adjacent to an activating group) is 1. The highest BCUT2D eigenvalue weighted by Gasteiger charge is 2.22. The highest BCUT2D eigenvalue weighted by molar-refractivity contribution is 6.30. The fourth-order valence-corrected chi connectivity index (χ4v) is 3.38. The first-order valence-electron chi connectivity index (χ1n) is 8.35. The molecular formula is C18H25ClN4O. The van der Waals surface area contributed by atoms with Gasteiger partial charge in [-0.25, -0.2) is 0 Å². The van der Waals surface area contributed by atoms with Crippen molar-refractivity contribution < 1.29 is 4.74 Å². The summed E-state index contributed by atoms with van der Waals surface area (Å²) in [7, 11) is 6.15. The van der Waals surface area contributed by atoms with Gasteiger partial charge in [0.2, 0.25) is 0 Å². The van der Waals surface area contributed by atoms with Gasteiger partial charge < -0.3 is 15.0 Å². The fraction of sp³-hybridized carbons (Fsp3) is 0.500. The summed E-state index contributed by atoms with van der Waals surface area (Å²) in [5.41, 5.74) is 2.41. The van der Waals surface area contributed by atoms with E-state index >= 15 is 0 Å². The number of ether oxygens (including phenoxy) is 1. The number of rotatable bonds is 5. The minimum absolute atomic E-state index is 0.277. The van der Waals surface area contributed by atoms with Crippen molar-refractivity contribution in [2.24, 2.45) is 7.05 Å². The van der Waals surface area contributed by atoms with E-state index < -0.39 is 0 Å². The van der Waals surface area contributed by atoms with Crippen molar-refractivity contribution in [1.82, 2.24) is 20.0 Å². The molecule has 2 atom stereocenters. The van der Waals surface area contributed by atoms with Gasteiger partial charge in [0, 0.05) is 48.0 Å². The molecule has 2 heterocycles. The molecule has 0 amide bonds. The summed E-state index contributed by atoms with van der Waals surface area (Å²) >= 11 is 6.11. The van der Waals surface area contributed by atoms with Crippen LogP contribution in [0.3, 0.4) is 0 Å². The Morgan fingerprint density at radius 3 is 3.00 bits per heavy atom. The molecule has 0 saturated carbocycles. The van der Waals surface area contributed by atoms with Crippen LogP contribution in [0.4, 0.5) is 0 Å². The Bertz CT molecular complexity index is 685. The molecule has 1 aromatic heterocycles. The van der Waals surface area contributed by atoms with Gasteiger partial charge in [-0.1, -0.05) is 17.7 Å². The first-order valence-corrected chi connectivity index (χ1v) is 8.73. The molecular weight excluding hydrogens is 324 g/mol. The molecule has 5 nitrogen and oxygen atoms in total. The second kappa shape index (κ2) is 7.55. The van der Waals surface area contributed by atoms with Gasteiger partial charge in [-0.05, 0) is 39.1 Å². The molecule has 0 radical (unpaired) electrons. The molecule has 130 valence electrons. The van der Waals surface area contributed by atoms with E-state index in [-0.39, 0.29) is 12.1 Å². The van der Waals surface area contributed by atoms with E-state index in [4.69, 9.17) is 16.3 Å². The van der Waals surface area contributed by atoms with Crippen molar-refractivity contribution in [2.45, 2.75) is 24.9 Å². The Morgan fingerprint density at radius 1 is 1.46 bits per heavy atom. The number of hydrogen-bond donors (Lipinski definition) is 1. The van der Waals surface area contributed by atoms with Gasteiger partial charge in [0.25, 0.3) is 0 Å². The van der Waals surface area contributed by atoms with Gasteiger partial charge in [-0.15, -0.1) is 0 Å². The van der Waals surface area contributed by atoms with Crippen molar-refractivity contribution in [2.75, 3.05) is 27.2 Å². The molecule has 24 heavy (non-hydrogen) atoms. The number of nitrogens with zero attached hydrogens (tertiary/aromatic N) is 3. The van der Waals surface area contributed by atoms with Crippen molar-refractivity contribution >= 4 is 11.6 Å². The monoisotopic (exact) mass is 348 g/mol. The van der Waals surface area contributed by atoms with Gasteiger partial charge in [0.05, 0.1) is 12.8 Å². The number of hydrogen-bond acceptors (Lipinski definition) is 4. The quantitative estimate of drug-likeness (QED) is 0.901. The lowest BCUT2D eigenvalue weighted by atomic mass is 10.0. The zero-order chi connectivity index (χ0) is 17.1. The first-order chi connectivity index (χ1) is 11.5. The molecule has 0 unspecified atom stereocenters. The summed E-state index contributed by atoms with van der Waals surface area (Å²) in [6.45, 7) is 1.59. The molecule has 0 bridgehead atoms. The SMILES string of the molecule is CN(C)[C@H](CN[C@@H]1CCCOc2cc(Cl)ccc21)c1cnn(C)c1. The number of benzene rings is 1. The molecule has 0 aliphatic carbocycles. The highest BCUT2D eigenvalue weighted by atomic mass is 35.5. The van der Waals surface area contributed by atoms with Crippen LogP contribution in [0.15, 0.2) is 30.6 Å². The maximum Gasteiger partial charge on any atom is 0.125 e. The third-order valence-corrected chi connectivity index (χ3v) is 4.77. The largest absolute Gasteiger partial charge is 0.493 e. The Hall–Kier alpha value is -1.56. The zero-order valence-electron chi connectivity index (χ0n) is 14.5. The third kappa shape index (κ3) is 3.91. The Balaban J connectivity index is 1.75. The molecule has 0 saturated heterocycles. The fourth-order valence-electron chi connectivity index (χ4n) is 3.22. The van der Waals surface area contributed by atoms with Crippen LogP contribution in [-0.2, 0) is 7.05 Å². The number of aryl methyl sites for hydroxylation is 1. The number of aromatic nitrogens is 2. The minimum atomic E-state index is 0.277. The Kier molecular flexibility index (Phi) is 5.43. The van der Waals surface area contributed by atoms with Crippen LogP contribution >= 0.6 is 11.6 Å². The van der Waals surface area contributed by atoms with Gasteiger partial charge >= 0.3 is 0 Å². The molecule has 0 spiro atoms. The van der Waals surface area contributed by atoms with Gasteiger partial charge in [0.15, 0.2) is 0 Å². The highest BCUT2D eigenvalue weighted by Crippen LogP contribution is 2.34. The average Bonchev–Trinajstić information content (AvgIpc) is 2.85. The lowest BCUT2D eigenvalue weighted by Gasteiger charge is -2.27. The summed E-state index contributed by atoms with van der Waals surface area (Å²) in [5.74, 6) is 0.903. The lowest BCUT2D eigenvalue weighted by molar-refractivity contribution is 0.276. The van der Waals surface area contributed by atoms with Crippen molar-refractivity contribution in [3.63, 3.8) is 0 Å². The van der Waals surface area contributed by atoms with Crippen molar-refractivity contribution in [3.8, 4) is 5.75 Å². The molecule has 3 rings (SSSR count). The van der Waals surface area contributed by atoms with E-state index in [1.807, 2.05) is 30.1 Å². The Morgan fingerprint density at radius 2 is 2.29 bits per heavy atom. The van der Waals surface area contributed by atoms with Crippen molar-refractivity contribution in [1.29, 1.82) is 0 Å². The van der Waals surface area contributed by atoms with Gasteiger partial charge in [0.1, 0.15) is 5.75 Å². The van der Waals surface area contributed by atoms with Crippen LogP contribution in [0, 0.1) is 0 Å². The maximum atomic E-state index is 6.11. The molecule has 0 fully saturated rings.